The summed E-state index contributed by atoms with van der Waals surface area (Å²) >= 11 is 0. The average molecular weight is 433 g/mol. The summed E-state index contributed by atoms with van der Waals surface area (Å²) in [5.41, 5.74) is 4.67. The van der Waals surface area contributed by atoms with Gasteiger partial charge in [-0.15, -0.1) is 0 Å². The van der Waals surface area contributed by atoms with Gasteiger partial charge in [-0.3, -0.25) is 14.3 Å². The van der Waals surface area contributed by atoms with Crippen LogP contribution >= 0.6 is 0 Å². The third kappa shape index (κ3) is 4.38. The number of pyridine rings is 3. The van der Waals surface area contributed by atoms with Gasteiger partial charge in [0.05, 0.1) is 5.69 Å². The Morgan fingerprint density at radius 2 is 1.73 bits per heavy atom. The fraction of sp³-hybridized carbons (Fsp3) is 0.0385. The summed E-state index contributed by atoms with van der Waals surface area (Å²) in [6.45, 7) is 0. The number of nitrogens with zero attached hydrogens (tertiary/aromatic N) is 5. The normalized spacial score (nSPS) is 11.3. The Bertz CT molecular complexity index is 1530. The van der Waals surface area contributed by atoms with Crippen LogP contribution < -0.4 is 5.56 Å². The standard InChI is InChI=1S/C26H19N5O2/c32-24-16-19(10-13-28-24)9-8-18-4-1-6-21(14-18)31-25-22(7-3-12-29-25)30-23(26(31)33)15-20-5-2-11-27-17-20/h1-14,16-17H,15H2,(H,28,32)/b9-8+. The van der Waals surface area contributed by atoms with Crippen LogP contribution in [-0.2, 0) is 6.42 Å². The van der Waals surface area contributed by atoms with Gasteiger partial charge in [-0.25, -0.2) is 15.0 Å². The SMILES string of the molecule is O=c1c(Cc2cccnc2)nc2cccnc2n1-c1cccc(/C=C/c2ccnc(O)c2)c1. The van der Waals surface area contributed by atoms with Crippen molar-refractivity contribution >= 4 is 23.3 Å². The van der Waals surface area contributed by atoms with Crippen LogP contribution in [0.15, 0.2) is 90.2 Å². The van der Waals surface area contributed by atoms with Gasteiger partial charge in [0.15, 0.2) is 5.65 Å². The van der Waals surface area contributed by atoms with Crippen LogP contribution in [0.4, 0.5) is 0 Å². The molecule has 0 aliphatic heterocycles. The molecule has 1 N–H and O–H groups in total. The molecule has 4 heterocycles. The molecule has 5 rings (SSSR count). The summed E-state index contributed by atoms with van der Waals surface area (Å²) in [5, 5.41) is 9.57. The molecule has 0 saturated heterocycles. The zero-order valence-corrected chi connectivity index (χ0v) is 17.5. The minimum absolute atomic E-state index is 0.0343. The van der Waals surface area contributed by atoms with Gasteiger partial charge < -0.3 is 5.11 Å². The second-order valence-electron chi connectivity index (χ2n) is 7.46. The summed E-state index contributed by atoms with van der Waals surface area (Å²) in [4.78, 5) is 30.5. The first-order valence-corrected chi connectivity index (χ1v) is 10.4. The summed E-state index contributed by atoms with van der Waals surface area (Å²) in [6.07, 6.45) is 10.8. The van der Waals surface area contributed by atoms with Gasteiger partial charge >= 0.3 is 0 Å². The van der Waals surface area contributed by atoms with E-state index in [0.29, 0.717) is 29.0 Å². The third-order valence-electron chi connectivity index (χ3n) is 5.14. The molecular weight excluding hydrogens is 414 g/mol. The largest absolute Gasteiger partial charge is 0.493 e. The number of fused-ring (bicyclic) bond motifs is 1. The van der Waals surface area contributed by atoms with Gasteiger partial charge in [0, 0.05) is 37.3 Å². The number of aromatic hydroxyl groups is 1. The Kier molecular flexibility index (Phi) is 5.43. The molecule has 33 heavy (non-hydrogen) atoms. The topological polar surface area (TPSA) is 93.8 Å². The van der Waals surface area contributed by atoms with Crippen molar-refractivity contribution < 1.29 is 5.11 Å². The van der Waals surface area contributed by atoms with Gasteiger partial charge in [0.2, 0.25) is 5.88 Å². The molecular formula is C26H19N5O2. The molecule has 0 aliphatic rings. The summed E-state index contributed by atoms with van der Waals surface area (Å²) in [6, 6.07) is 18.4. The van der Waals surface area contributed by atoms with E-state index in [9.17, 15) is 9.90 Å². The lowest BCUT2D eigenvalue weighted by molar-refractivity contribution is 0.453. The van der Waals surface area contributed by atoms with Crippen molar-refractivity contribution in [2.45, 2.75) is 6.42 Å². The molecule has 1 aromatic carbocycles. The van der Waals surface area contributed by atoms with Crippen molar-refractivity contribution in [3.05, 3.63) is 118 Å². The van der Waals surface area contributed by atoms with E-state index in [0.717, 1.165) is 16.7 Å². The monoisotopic (exact) mass is 433 g/mol. The molecule has 0 fully saturated rings. The number of benzene rings is 1. The Hall–Kier alpha value is -4.65. The van der Waals surface area contributed by atoms with Crippen molar-refractivity contribution in [1.29, 1.82) is 0 Å². The number of hydrogen-bond acceptors (Lipinski definition) is 6. The van der Waals surface area contributed by atoms with Gasteiger partial charge in [-0.05, 0) is 53.1 Å². The number of hydrogen-bond donors (Lipinski definition) is 1. The first-order chi connectivity index (χ1) is 16.2. The van der Waals surface area contributed by atoms with Crippen LogP contribution in [0.25, 0.3) is 29.0 Å². The zero-order valence-electron chi connectivity index (χ0n) is 17.5. The van der Waals surface area contributed by atoms with Gasteiger partial charge in [0.1, 0.15) is 11.2 Å². The van der Waals surface area contributed by atoms with Crippen molar-refractivity contribution in [3.63, 3.8) is 0 Å². The summed E-state index contributed by atoms with van der Waals surface area (Å²) < 4.78 is 1.60. The van der Waals surface area contributed by atoms with Crippen LogP contribution in [0, 0.1) is 0 Å². The fourth-order valence-electron chi connectivity index (χ4n) is 3.62. The van der Waals surface area contributed by atoms with Gasteiger partial charge in [-0.2, -0.15) is 0 Å². The maximum absolute atomic E-state index is 13.5. The highest BCUT2D eigenvalue weighted by Gasteiger charge is 2.14. The molecule has 0 spiro atoms. The summed E-state index contributed by atoms with van der Waals surface area (Å²) in [5.74, 6) is -0.0343. The van der Waals surface area contributed by atoms with E-state index >= 15 is 0 Å². The highest BCUT2D eigenvalue weighted by atomic mass is 16.3. The molecule has 7 heteroatoms. The van der Waals surface area contributed by atoms with Crippen LogP contribution in [0.1, 0.15) is 22.4 Å². The molecule has 0 amide bonds. The van der Waals surface area contributed by atoms with E-state index in [4.69, 9.17) is 0 Å². The molecule has 0 aliphatic carbocycles. The molecule has 0 bridgehead atoms. The number of rotatable bonds is 5. The van der Waals surface area contributed by atoms with E-state index < -0.39 is 0 Å². The molecule has 0 radical (unpaired) electrons. The highest BCUT2D eigenvalue weighted by Crippen LogP contribution is 2.18. The van der Waals surface area contributed by atoms with E-state index in [2.05, 4.69) is 19.9 Å². The smallest absolute Gasteiger partial charge is 0.278 e. The Morgan fingerprint density at radius 3 is 2.55 bits per heavy atom. The molecule has 5 aromatic rings. The lowest BCUT2D eigenvalue weighted by Crippen LogP contribution is -2.25. The Labute approximate surface area is 189 Å². The van der Waals surface area contributed by atoms with Crippen LogP contribution in [0.3, 0.4) is 0 Å². The Balaban J connectivity index is 1.60. The lowest BCUT2D eigenvalue weighted by Gasteiger charge is -2.12. The van der Waals surface area contributed by atoms with Crippen LogP contribution in [0.5, 0.6) is 5.88 Å². The van der Waals surface area contributed by atoms with Crippen LogP contribution in [0.2, 0.25) is 0 Å². The van der Waals surface area contributed by atoms with Crippen molar-refractivity contribution in [2.75, 3.05) is 0 Å². The second-order valence-corrected chi connectivity index (χ2v) is 7.46. The molecule has 160 valence electrons. The molecule has 7 nitrogen and oxygen atoms in total. The number of aromatic nitrogens is 5. The zero-order chi connectivity index (χ0) is 22.6. The van der Waals surface area contributed by atoms with E-state index in [-0.39, 0.29) is 11.4 Å². The fourth-order valence-corrected chi connectivity index (χ4v) is 3.62. The van der Waals surface area contributed by atoms with Crippen molar-refractivity contribution in [2.24, 2.45) is 0 Å². The molecule has 0 saturated carbocycles. The van der Waals surface area contributed by atoms with Crippen molar-refractivity contribution in [3.8, 4) is 11.6 Å². The third-order valence-corrected chi connectivity index (χ3v) is 5.14. The van der Waals surface area contributed by atoms with Gasteiger partial charge in [0.25, 0.3) is 5.56 Å². The molecule has 4 aromatic heterocycles. The minimum atomic E-state index is -0.217. The molecule has 0 unspecified atom stereocenters. The summed E-state index contributed by atoms with van der Waals surface area (Å²) in [7, 11) is 0. The van der Waals surface area contributed by atoms with E-state index in [1.165, 1.54) is 0 Å². The second kappa shape index (κ2) is 8.84. The molecule has 0 atom stereocenters. The van der Waals surface area contributed by atoms with Crippen molar-refractivity contribution in [1.82, 2.24) is 24.5 Å². The van der Waals surface area contributed by atoms with E-state index in [1.54, 1.807) is 47.6 Å². The highest BCUT2D eigenvalue weighted by molar-refractivity contribution is 5.74. The first-order valence-electron chi connectivity index (χ1n) is 10.4. The average Bonchev–Trinajstić information content (AvgIpc) is 2.84. The quantitative estimate of drug-likeness (QED) is 0.450. The maximum Gasteiger partial charge on any atom is 0.278 e. The minimum Gasteiger partial charge on any atom is -0.493 e. The van der Waals surface area contributed by atoms with Gasteiger partial charge in [-0.1, -0.05) is 30.4 Å². The predicted molar refractivity (Wildman–Crippen MR) is 127 cm³/mol. The Morgan fingerprint density at radius 1 is 0.879 bits per heavy atom. The van der Waals surface area contributed by atoms with E-state index in [1.807, 2.05) is 54.6 Å². The first kappa shape index (κ1) is 20.3. The van der Waals surface area contributed by atoms with Crippen LogP contribution in [-0.4, -0.2) is 29.6 Å². The predicted octanol–water partition coefficient (Wildman–Crippen LogP) is 4.04. The maximum atomic E-state index is 13.5. The lowest BCUT2D eigenvalue weighted by atomic mass is 10.1.